The van der Waals surface area contributed by atoms with Crippen molar-refractivity contribution in [1.82, 2.24) is 4.90 Å². The van der Waals surface area contributed by atoms with E-state index in [2.05, 4.69) is 29.2 Å². The molecule has 4 nitrogen and oxygen atoms in total. The molecule has 0 bridgehead atoms. The number of benzene rings is 1. The SMILES string of the molecule is O=C1CSC(c2ccc(N3CCCC3)cc2)N1CCSCc1ccco1. The number of nitrogens with zero attached hydrogens (tertiary/aromatic N) is 2. The number of anilines is 1. The van der Waals surface area contributed by atoms with Crippen molar-refractivity contribution in [3.8, 4) is 0 Å². The molecule has 3 heterocycles. The first-order valence-electron chi connectivity index (χ1n) is 9.17. The van der Waals surface area contributed by atoms with E-state index in [0.29, 0.717) is 5.75 Å². The maximum absolute atomic E-state index is 12.3. The van der Waals surface area contributed by atoms with Crippen molar-refractivity contribution in [2.45, 2.75) is 24.0 Å². The lowest BCUT2D eigenvalue weighted by atomic mass is 10.1. The van der Waals surface area contributed by atoms with E-state index in [9.17, 15) is 4.79 Å². The molecule has 1 unspecified atom stereocenters. The fraction of sp³-hybridized carbons (Fsp3) is 0.450. The minimum Gasteiger partial charge on any atom is -0.468 e. The Kier molecular flexibility index (Phi) is 5.80. The van der Waals surface area contributed by atoms with Gasteiger partial charge in [0.15, 0.2) is 0 Å². The van der Waals surface area contributed by atoms with E-state index in [1.54, 1.807) is 18.0 Å². The van der Waals surface area contributed by atoms with E-state index in [1.807, 2.05) is 28.8 Å². The molecular formula is C20H24N2O2S2. The molecule has 0 spiro atoms. The summed E-state index contributed by atoms with van der Waals surface area (Å²) in [4.78, 5) is 16.8. The molecular weight excluding hydrogens is 364 g/mol. The smallest absolute Gasteiger partial charge is 0.233 e. The van der Waals surface area contributed by atoms with Gasteiger partial charge >= 0.3 is 0 Å². The van der Waals surface area contributed by atoms with Gasteiger partial charge in [0.05, 0.1) is 17.8 Å². The predicted octanol–water partition coefficient (Wildman–Crippen LogP) is 4.39. The maximum atomic E-state index is 12.3. The van der Waals surface area contributed by atoms with Gasteiger partial charge in [-0.05, 0) is 42.7 Å². The second-order valence-corrected chi connectivity index (χ2v) is 8.84. The summed E-state index contributed by atoms with van der Waals surface area (Å²) < 4.78 is 5.36. The molecule has 1 aromatic heterocycles. The highest BCUT2D eigenvalue weighted by Crippen LogP contribution is 2.39. The van der Waals surface area contributed by atoms with Crippen LogP contribution >= 0.6 is 23.5 Å². The van der Waals surface area contributed by atoms with Crippen LogP contribution in [0.1, 0.15) is 29.5 Å². The lowest BCUT2D eigenvalue weighted by molar-refractivity contribution is -0.127. The van der Waals surface area contributed by atoms with Crippen molar-refractivity contribution < 1.29 is 9.21 Å². The van der Waals surface area contributed by atoms with Crippen LogP contribution < -0.4 is 4.90 Å². The summed E-state index contributed by atoms with van der Waals surface area (Å²) in [5.41, 5.74) is 2.54. The van der Waals surface area contributed by atoms with Gasteiger partial charge in [0.1, 0.15) is 11.1 Å². The van der Waals surface area contributed by atoms with E-state index in [1.165, 1.54) is 24.1 Å². The molecule has 2 aliphatic heterocycles. The van der Waals surface area contributed by atoms with Crippen molar-refractivity contribution in [2.75, 3.05) is 36.0 Å². The number of hydrogen-bond donors (Lipinski definition) is 0. The minimum absolute atomic E-state index is 0.152. The van der Waals surface area contributed by atoms with Gasteiger partial charge in [-0.25, -0.2) is 0 Å². The average molecular weight is 389 g/mol. The van der Waals surface area contributed by atoms with Crippen molar-refractivity contribution >= 4 is 35.1 Å². The lowest BCUT2D eigenvalue weighted by Crippen LogP contribution is -2.30. The largest absolute Gasteiger partial charge is 0.468 e. The number of hydrogen-bond acceptors (Lipinski definition) is 5. The van der Waals surface area contributed by atoms with Crippen LogP contribution in [0.25, 0.3) is 0 Å². The summed E-state index contributed by atoms with van der Waals surface area (Å²) in [6, 6.07) is 12.7. The zero-order chi connectivity index (χ0) is 17.8. The Morgan fingerprint density at radius 1 is 1.15 bits per heavy atom. The second kappa shape index (κ2) is 8.44. The fourth-order valence-electron chi connectivity index (χ4n) is 3.53. The number of amides is 1. The molecule has 138 valence electrons. The van der Waals surface area contributed by atoms with Crippen LogP contribution in [0.3, 0.4) is 0 Å². The van der Waals surface area contributed by atoms with Crippen molar-refractivity contribution in [3.05, 3.63) is 54.0 Å². The van der Waals surface area contributed by atoms with Gasteiger partial charge < -0.3 is 14.2 Å². The van der Waals surface area contributed by atoms with E-state index in [0.717, 1.165) is 36.9 Å². The minimum atomic E-state index is 0.152. The number of thioether (sulfide) groups is 2. The van der Waals surface area contributed by atoms with Gasteiger partial charge in [0.25, 0.3) is 0 Å². The molecule has 0 N–H and O–H groups in total. The highest BCUT2D eigenvalue weighted by atomic mass is 32.2. The lowest BCUT2D eigenvalue weighted by Gasteiger charge is -2.25. The summed E-state index contributed by atoms with van der Waals surface area (Å²) in [5.74, 6) is 3.61. The maximum Gasteiger partial charge on any atom is 0.233 e. The monoisotopic (exact) mass is 388 g/mol. The van der Waals surface area contributed by atoms with E-state index in [4.69, 9.17) is 4.42 Å². The second-order valence-electron chi connectivity index (χ2n) is 6.67. The Morgan fingerprint density at radius 2 is 1.96 bits per heavy atom. The van der Waals surface area contributed by atoms with Gasteiger partial charge in [-0.1, -0.05) is 12.1 Å². The van der Waals surface area contributed by atoms with Crippen molar-refractivity contribution in [2.24, 2.45) is 0 Å². The topological polar surface area (TPSA) is 36.7 Å². The van der Waals surface area contributed by atoms with Gasteiger partial charge in [-0.15, -0.1) is 11.8 Å². The van der Waals surface area contributed by atoms with Crippen LogP contribution in [-0.4, -0.2) is 41.9 Å². The molecule has 6 heteroatoms. The molecule has 26 heavy (non-hydrogen) atoms. The summed E-state index contributed by atoms with van der Waals surface area (Å²) in [5, 5.41) is 0.152. The Labute approximate surface area is 163 Å². The fourth-order valence-corrected chi connectivity index (χ4v) is 5.58. The van der Waals surface area contributed by atoms with Crippen LogP contribution in [-0.2, 0) is 10.5 Å². The molecule has 1 amide bonds. The molecule has 1 aromatic carbocycles. The van der Waals surface area contributed by atoms with Gasteiger partial charge in [-0.2, -0.15) is 11.8 Å². The number of carbonyl (C=O) groups is 1. The van der Waals surface area contributed by atoms with Crippen LogP contribution in [0.5, 0.6) is 0 Å². The zero-order valence-electron chi connectivity index (χ0n) is 14.8. The highest BCUT2D eigenvalue weighted by molar-refractivity contribution is 8.00. The van der Waals surface area contributed by atoms with E-state index < -0.39 is 0 Å². The zero-order valence-corrected chi connectivity index (χ0v) is 16.4. The quantitative estimate of drug-likeness (QED) is 0.658. The Balaban J connectivity index is 1.34. The summed E-state index contributed by atoms with van der Waals surface area (Å²) >= 11 is 3.55. The summed E-state index contributed by atoms with van der Waals surface area (Å²) in [6.45, 7) is 3.11. The molecule has 0 radical (unpaired) electrons. The molecule has 0 aliphatic carbocycles. The molecule has 2 fully saturated rings. The van der Waals surface area contributed by atoms with Crippen LogP contribution in [0.4, 0.5) is 5.69 Å². The molecule has 2 aliphatic rings. The normalized spacial score (nSPS) is 20.3. The molecule has 2 aromatic rings. The van der Waals surface area contributed by atoms with Crippen LogP contribution in [0.2, 0.25) is 0 Å². The van der Waals surface area contributed by atoms with Crippen molar-refractivity contribution in [1.29, 1.82) is 0 Å². The van der Waals surface area contributed by atoms with Crippen LogP contribution in [0, 0.1) is 0 Å². The first kappa shape index (κ1) is 17.9. The molecule has 1 atom stereocenters. The molecule has 2 saturated heterocycles. The Morgan fingerprint density at radius 3 is 2.69 bits per heavy atom. The van der Waals surface area contributed by atoms with E-state index in [-0.39, 0.29) is 11.3 Å². The third kappa shape index (κ3) is 4.07. The van der Waals surface area contributed by atoms with Crippen LogP contribution in [0.15, 0.2) is 47.1 Å². The third-order valence-electron chi connectivity index (χ3n) is 4.92. The third-order valence-corrected chi connectivity index (χ3v) is 7.13. The first-order valence-corrected chi connectivity index (χ1v) is 11.4. The average Bonchev–Trinajstić information content (AvgIpc) is 3.42. The number of rotatable bonds is 7. The van der Waals surface area contributed by atoms with E-state index >= 15 is 0 Å². The van der Waals surface area contributed by atoms with Gasteiger partial charge in [-0.3, -0.25) is 4.79 Å². The Bertz CT molecular complexity index is 712. The van der Waals surface area contributed by atoms with Gasteiger partial charge in [0, 0.05) is 31.1 Å². The highest BCUT2D eigenvalue weighted by Gasteiger charge is 2.32. The summed E-state index contributed by atoms with van der Waals surface area (Å²) in [6.07, 6.45) is 4.29. The Hall–Kier alpha value is -1.53. The number of carbonyl (C=O) groups excluding carboxylic acids is 1. The standard InChI is InChI=1S/C20H24N2O2S2/c23-19-15-26-20(22(19)11-13-25-14-18-4-3-12-24-18)16-5-7-17(8-6-16)21-9-1-2-10-21/h3-8,12,20H,1-2,9-11,13-15H2. The van der Waals surface area contributed by atoms with Crippen molar-refractivity contribution in [3.63, 3.8) is 0 Å². The first-order chi connectivity index (χ1) is 12.8. The predicted molar refractivity (Wildman–Crippen MR) is 110 cm³/mol. The summed E-state index contributed by atoms with van der Waals surface area (Å²) in [7, 11) is 0. The molecule has 0 saturated carbocycles. The molecule has 4 rings (SSSR count). The van der Waals surface area contributed by atoms with Gasteiger partial charge in [0.2, 0.25) is 5.91 Å². The number of furan rings is 1.